The fourth-order valence-electron chi connectivity index (χ4n) is 6.52. The van der Waals surface area contributed by atoms with Gasteiger partial charge in [0.05, 0.1) is 0 Å². The molecule has 0 spiro atoms. The standard InChI is InChI=1S/C22H32O/c1-4-5-6-15-9-13(2)10-20(22(15)23)18-8-7-17-16-11-14(3)19(12-16)21(17)18/h9-10,14,16-19,21,23H,4-8,11-12H2,1-3H3. The minimum absolute atomic E-state index is 0.623. The molecule has 0 aromatic heterocycles. The van der Waals surface area contributed by atoms with Gasteiger partial charge in [-0.3, -0.25) is 0 Å². The lowest BCUT2D eigenvalue weighted by molar-refractivity contribution is 0.186. The fraction of sp³-hybridized carbons (Fsp3) is 0.727. The normalized spacial score (nSPS) is 38.2. The van der Waals surface area contributed by atoms with Crippen molar-refractivity contribution in [1.29, 1.82) is 0 Å². The van der Waals surface area contributed by atoms with Crippen molar-refractivity contribution in [3.05, 3.63) is 28.8 Å². The van der Waals surface area contributed by atoms with Crippen LogP contribution in [0.15, 0.2) is 12.1 Å². The van der Waals surface area contributed by atoms with Crippen LogP contribution in [0, 0.1) is 36.5 Å². The molecule has 126 valence electrons. The van der Waals surface area contributed by atoms with Crippen LogP contribution in [0.2, 0.25) is 0 Å². The fourth-order valence-corrected chi connectivity index (χ4v) is 6.52. The second kappa shape index (κ2) is 5.83. The summed E-state index contributed by atoms with van der Waals surface area (Å²) >= 11 is 0. The van der Waals surface area contributed by atoms with E-state index in [2.05, 4.69) is 32.9 Å². The summed E-state index contributed by atoms with van der Waals surface area (Å²) < 4.78 is 0. The van der Waals surface area contributed by atoms with E-state index in [9.17, 15) is 5.11 Å². The Bertz CT molecular complexity index is 590. The molecular formula is C22H32O. The van der Waals surface area contributed by atoms with E-state index in [1.165, 1.54) is 55.2 Å². The second-order valence-electron chi connectivity index (χ2n) is 8.76. The van der Waals surface area contributed by atoms with Gasteiger partial charge in [-0.2, -0.15) is 0 Å². The highest BCUT2D eigenvalue weighted by atomic mass is 16.3. The zero-order valence-corrected chi connectivity index (χ0v) is 15.0. The van der Waals surface area contributed by atoms with E-state index in [0.29, 0.717) is 11.7 Å². The Hall–Kier alpha value is -0.980. The predicted molar refractivity (Wildman–Crippen MR) is 95.8 cm³/mol. The van der Waals surface area contributed by atoms with Crippen molar-refractivity contribution in [1.82, 2.24) is 0 Å². The number of phenolic OH excluding ortho intramolecular Hbond substituents is 1. The molecule has 0 radical (unpaired) electrons. The maximum atomic E-state index is 11.0. The van der Waals surface area contributed by atoms with Gasteiger partial charge in [-0.1, -0.05) is 38.0 Å². The summed E-state index contributed by atoms with van der Waals surface area (Å²) in [5.41, 5.74) is 3.83. The van der Waals surface area contributed by atoms with E-state index in [1.54, 1.807) is 0 Å². The third-order valence-electron chi connectivity index (χ3n) is 7.41. The molecule has 3 aliphatic carbocycles. The van der Waals surface area contributed by atoms with Gasteiger partial charge in [0.15, 0.2) is 0 Å². The van der Waals surface area contributed by atoms with Crippen molar-refractivity contribution in [2.75, 3.05) is 0 Å². The van der Waals surface area contributed by atoms with Gasteiger partial charge in [0.2, 0.25) is 0 Å². The van der Waals surface area contributed by atoms with Gasteiger partial charge < -0.3 is 5.11 Å². The molecule has 1 N–H and O–H groups in total. The molecule has 1 aromatic carbocycles. The number of rotatable bonds is 4. The Kier molecular flexibility index (Phi) is 3.94. The lowest BCUT2D eigenvalue weighted by Gasteiger charge is -2.33. The Labute approximate surface area is 141 Å². The average Bonchev–Trinajstić information content (AvgIpc) is 3.19. The summed E-state index contributed by atoms with van der Waals surface area (Å²) in [6.45, 7) is 6.90. The van der Waals surface area contributed by atoms with Gasteiger partial charge >= 0.3 is 0 Å². The summed E-state index contributed by atoms with van der Waals surface area (Å²) in [6, 6.07) is 4.51. The minimum atomic E-state index is 0.623. The van der Waals surface area contributed by atoms with Crippen LogP contribution in [-0.4, -0.2) is 5.11 Å². The molecule has 0 amide bonds. The summed E-state index contributed by atoms with van der Waals surface area (Å²) in [5, 5.41) is 11.0. The van der Waals surface area contributed by atoms with E-state index >= 15 is 0 Å². The molecule has 0 aliphatic heterocycles. The molecule has 6 unspecified atom stereocenters. The molecule has 23 heavy (non-hydrogen) atoms. The first-order valence-electron chi connectivity index (χ1n) is 9.92. The molecule has 3 saturated carbocycles. The van der Waals surface area contributed by atoms with Crippen LogP contribution >= 0.6 is 0 Å². The van der Waals surface area contributed by atoms with Crippen LogP contribution < -0.4 is 0 Å². The molecular weight excluding hydrogens is 280 g/mol. The molecule has 0 saturated heterocycles. The molecule has 3 aliphatic rings. The molecule has 1 aromatic rings. The van der Waals surface area contributed by atoms with Crippen molar-refractivity contribution >= 4 is 0 Å². The summed E-state index contributed by atoms with van der Waals surface area (Å²) in [7, 11) is 0. The van der Waals surface area contributed by atoms with Crippen LogP contribution in [0.5, 0.6) is 5.75 Å². The van der Waals surface area contributed by atoms with E-state index in [4.69, 9.17) is 0 Å². The lowest BCUT2D eigenvalue weighted by atomic mass is 9.71. The van der Waals surface area contributed by atoms with Gasteiger partial charge in [-0.05, 0) is 92.1 Å². The first kappa shape index (κ1) is 15.5. The highest BCUT2D eigenvalue weighted by Crippen LogP contribution is 2.65. The SMILES string of the molecule is CCCCc1cc(C)cc(C2CCC3C4CC(C)C(C4)C23)c1O. The monoisotopic (exact) mass is 312 g/mol. The zero-order valence-electron chi connectivity index (χ0n) is 15.0. The van der Waals surface area contributed by atoms with Gasteiger partial charge in [0.25, 0.3) is 0 Å². The maximum absolute atomic E-state index is 11.0. The number of aryl methyl sites for hydroxylation is 2. The van der Waals surface area contributed by atoms with Gasteiger partial charge in [-0.25, -0.2) is 0 Å². The van der Waals surface area contributed by atoms with E-state index in [-0.39, 0.29) is 0 Å². The smallest absolute Gasteiger partial charge is 0.122 e. The first-order valence-corrected chi connectivity index (χ1v) is 9.92. The van der Waals surface area contributed by atoms with Gasteiger partial charge in [0, 0.05) is 0 Å². The largest absolute Gasteiger partial charge is 0.507 e. The third-order valence-corrected chi connectivity index (χ3v) is 7.41. The number of benzene rings is 1. The number of hydrogen-bond donors (Lipinski definition) is 1. The molecule has 6 atom stereocenters. The maximum Gasteiger partial charge on any atom is 0.122 e. The molecule has 3 fully saturated rings. The van der Waals surface area contributed by atoms with Crippen LogP contribution in [0.1, 0.15) is 75.0 Å². The highest BCUT2D eigenvalue weighted by molar-refractivity contribution is 5.46. The summed E-state index contributed by atoms with van der Waals surface area (Å²) in [5.74, 6) is 5.92. The van der Waals surface area contributed by atoms with E-state index in [1.807, 2.05) is 0 Å². The Balaban J connectivity index is 1.67. The number of fused-ring (bicyclic) bond motifs is 5. The van der Waals surface area contributed by atoms with Crippen LogP contribution in [0.4, 0.5) is 0 Å². The highest BCUT2D eigenvalue weighted by Gasteiger charge is 2.56. The molecule has 2 bridgehead atoms. The average molecular weight is 312 g/mol. The lowest BCUT2D eigenvalue weighted by Crippen LogP contribution is -2.26. The number of hydrogen-bond acceptors (Lipinski definition) is 1. The summed E-state index contributed by atoms with van der Waals surface area (Å²) in [6.07, 6.45) is 9.05. The van der Waals surface area contributed by atoms with Crippen LogP contribution in [0.25, 0.3) is 0 Å². The summed E-state index contributed by atoms with van der Waals surface area (Å²) in [4.78, 5) is 0. The first-order chi connectivity index (χ1) is 11.1. The quantitative estimate of drug-likeness (QED) is 0.741. The molecule has 0 heterocycles. The van der Waals surface area contributed by atoms with Crippen LogP contribution in [0.3, 0.4) is 0 Å². The number of phenols is 1. The van der Waals surface area contributed by atoms with Crippen molar-refractivity contribution in [2.45, 2.75) is 71.6 Å². The van der Waals surface area contributed by atoms with Crippen molar-refractivity contribution in [2.24, 2.45) is 29.6 Å². The molecule has 1 nitrogen and oxygen atoms in total. The minimum Gasteiger partial charge on any atom is -0.507 e. The number of unbranched alkanes of at least 4 members (excludes halogenated alkanes) is 1. The van der Waals surface area contributed by atoms with Crippen molar-refractivity contribution in [3.8, 4) is 5.75 Å². The van der Waals surface area contributed by atoms with Crippen molar-refractivity contribution < 1.29 is 5.11 Å². The van der Waals surface area contributed by atoms with E-state index in [0.717, 1.165) is 36.0 Å². The van der Waals surface area contributed by atoms with Crippen LogP contribution in [-0.2, 0) is 6.42 Å². The van der Waals surface area contributed by atoms with Crippen molar-refractivity contribution in [3.63, 3.8) is 0 Å². The molecule has 4 rings (SSSR count). The van der Waals surface area contributed by atoms with Gasteiger partial charge in [-0.15, -0.1) is 0 Å². The number of aromatic hydroxyl groups is 1. The Morgan fingerprint density at radius 2 is 1.96 bits per heavy atom. The van der Waals surface area contributed by atoms with Gasteiger partial charge in [0.1, 0.15) is 5.75 Å². The zero-order chi connectivity index (χ0) is 16.1. The Morgan fingerprint density at radius 1 is 1.13 bits per heavy atom. The Morgan fingerprint density at radius 3 is 2.74 bits per heavy atom. The molecule has 1 heteroatoms. The van der Waals surface area contributed by atoms with E-state index < -0.39 is 0 Å². The third kappa shape index (κ3) is 2.42. The second-order valence-corrected chi connectivity index (χ2v) is 8.76. The topological polar surface area (TPSA) is 20.2 Å². The predicted octanol–water partition coefficient (Wildman–Crippen LogP) is 5.83.